The van der Waals surface area contributed by atoms with Crippen LogP contribution in [0.4, 0.5) is 5.69 Å². The lowest BCUT2D eigenvalue weighted by atomic mass is 10.2. The summed E-state index contributed by atoms with van der Waals surface area (Å²) in [5, 5.41) is 9.08. The van der Waals surface area contributed by atoms with E-state index >= 15 is 0 Å². The van der Waals surface area contributed by atoms with E-state index in [0.29, 0.717) is 11.5 Å². The molecule has 0 saturated carbocycles. The molecule has 0 saturated heterocycles. The van der Waals surface area contributed by atoms with Crippen molar-refractivity contribution in [2.24, 2.45) is 0 Å². The second kappa shape index (κ2) is 7.31. The number of ether oxygens (including phenoxy) is 3. The number of sulfonamides is 1. The maximum Gasteiger partial charge on any atom is 0.335 e. The number of benzene rings is 2. The minimum absolute atomic E-state index is 0.0207. The van der Waals surface area contributed by atoms with Gasteiger partial charge in [0.2, 0.25) is 0 Å². The van der Waals surface area contributed by atoms with E-state index in [0.717, 1.165) is 6.07 Å². The van der Waals surface area contributed by atoms with Gasteiger partial charge < -0.3 is 19.3 Å². The van der Waals surface area contributed by atoms with Crippen LogP contribution in [0.1, 0.15) is 10.4 Å². The lowest BCUT2D eigenvalue weighted by Gasteiger charge is -2.14. The molecule has 0 radical (unpaired) electrons. The molecule has 134 valence electrons. The zero-order chi connectivity index (χ0) is 18.6. The van der Waals surface area contributed by atoms with Crippen molar-refractivity contribution in [3.63, 3.8) is 0 Å². The van der Waals surface area contributed by atoms with Crippen molar-refractivity contribution in [3.05, 3.63) is 42.0 Å². The van der Waals surface area contributed by atoms with Gasteiger partial charge in [0.25, 0.3) is 10.0 Å². The summed E-state index contributed by atoms with van der Waals surface area (Å²) < 4.78 is 43.0. The molecule has 9 heteroatoms. The molecule has 2 aromatic rings. The van der Waals surface area contributed by atoms with E-state index in [9.17, 15) is 13.2 Å². The highest BCUT2D eigenvalue weighted by Gasteiger charge is 2.22. The van der Waals surface area contributed by atoms with E-state index < -0.39 is 16.0 Å². The summed E-state index contributed by atoms with van der Waals surface area (Å²) >= 11 is 0. The number of anilines is 1. The zero-order valence-electron chi connectivity index (χ0n) is 13.8. The van der Waals surface area contributed by atoms with Gasteiger partial charge in [-0.05, 0) is 18.2 Å². The number of carboxylic acid groups (broad SMARTS) is 1. The molecule has 0 heterocycles. The van der Waals surface area contributed by atoms with E-state index in [1.165, 1.54) is 45.6 Å². The Morgan fingerprint density at radius 2 is 1.56 bits per heavy atom. The molecule has 0 unspecified atom stereocenters. The number of aromatic carboxylic acids is 1. The highest BCUT2D eigenvalue weighted by atomic mass is 32.2. The molecular formula is C16H17NO7S. The van der Waals surface area contributed by atoms with E-state index in [1.54, 1.807) is 6.07 Å². The molecule has 0 aliphatic carbocycles. The maximum absolute atomic E-state index is 12.7. The number of hydrogen-bond acceptors (Lipinski definition) is 6. The van der Waals surface area contributed by atoms with Crippen LogP contribution in [0, 0.1) is 0 Å². The van der Waals surface area contributed by atoms with Crippen molar-refractivity contribution in [1.82, 2.24) is 0 Å². The number of rotatable bonds is 7. The Bertz CT molecular complexity index is 871. The Morgan fingerprint density at radius 3 is 2.04 bits per heavy atom. The first-order chi connectivity index (χ1) is 11.8. The van der Waals surface area contributed by atoms with Crippen LogP contribution in [0.2, 0.25) is 0 Å². The summed E-state index contributed by atoms with van der Waals surface area (Å²) in [4.78, 5) is 10.8. The topological polar surface area (TPSA) is 111 Å². The Labute approximate surface area is 145 Å². The first-order valence-corrected chi connectivity index (χ1v) is 8.46. The van der Waals surface area contributed by atoms with Crippen molar-refractivity contribution in [1.29, 1.82) is 0 Å². The molecule has 0 aromatic heterocycles. The molecule has 0 bridgehead atoms. The van der Waals surface area contributed by atoms with Gasteiger partial charge in [0, 0.05) is 18.2 Å². The van der Waals surface area contributed by atoms with Crippen molar-refractivity contribution in [2.75, 3.05) is 26.1 Å². The molecule has 0 atom stereocenters. The molecule has 0 aliphatic heterocycles. The van der Waals surface area contributed by atoms with Gasteiger partial charge in [-0.3, -0.25) is 4.72 Å². The molecule has 0 fully saturated rings. The van der Waals surface area contributed by atoms with Crippen LogP contribution < -0.4 is 18.9 Å². The third-order valence-corrected chi connectivity index (χ3v) is 4.71. The van der Waals surface area contributed by atoms with Crippen LogP contribution in [0.5, 0.6) is 17.2 Å². The van der Waals surface area contributed by atoms with Crippen molar-refractivity contribution >= 4 is 21.7 Å². The minimum atomic E-state index is -4.11. The van der Waals surface area contributed by atoms with Crippen LogP contribution in [0.3, 0.4) is 0 Å². The summed E-state index contributed by atoms with van der Waals surface area (Å²) in [6, 6.07) is 8.09. The molecule has 25 heavy (non-hydrogen) atoms. The predicted molar refractivity (Wildman–Crippen MR) is 90.3 cm³/mol. The molecule has 8 nitrogen and oxygen atoms in total. The summed E-state index contributed by atoms with van der Waals surface area (Å²) in [6.07, 6.45) is 0. The SMILES string of the molecule is COc1cc(NS(=O)(=O)c2cc(C(=O)O)ccc2OC)cc(OC)c1. The normalized spacial score (nSPS) is 10.8. The van der Waals surface area contributed by atoms with Gasteiger partial charge in [0.05, 0.1) is 32.6 Å². The summed E-state index contributed by atoms with van der Waals surface area (Å²) in [5.41, 5.74) is 0.0170. The smallest absolute Gasteiger partial charge is 0.335 e. The Kier molecular flexibility index (Phi) is 5.38. The summed E-state index contributed by atoms with van der Waals surface area (Å²) in [6.45, 7) is 0. The fraction of sp³-hybridized carbons (Fsp3) is 0.188. The first-order valence-electron chi connectivity index (χ1n) is 6.98. The quantitative estimate of drug-likeness (QED) is 0.772. The van der Waals surface area contributed by atoms with Crippen LogP contribution in [-0.4, -0.2) is 40.8 Å². The number of methoxy groups -OCH3 is 3. The molecular weight excluding hydrogens is 350 g/mol. The van der Waals surface area contributed by atoms with E-state index in [1.807, 2.05) is 0 Å². The van der Waals surface area contributed by atoms with Gasteiger partial charge in [0.15, 0.2) is 0 Å². The average Bonchev–Trinajstić information content (AvgIpc) is 2.60. The van der Waals surface area contributed by atoms with Gasteiger partial charge in [0.1, 0.15) is 22.1 Å². The molecule has 2 N–H and O–H groups in total. The largest absolute Gasteiger partial charge is 0.497 e. The van der Waals surface area contributed by atoms with E-state index in [2.05, 4.69) is 4.72 Å². The number of hydrogen-bond donors (Lipinski definition) is 2. The molecule has 0 amide bonds. The van der Waals surface area contributed by atoms with Gasteiger partial charge in [-0.25, -0.2) is 13.2 Å². The third-order valence-electron chi connectivity index (χ3n) is 3.30. The third kappa shape index (κ3) is 4.13. The molecule has 2 rings (SSSR count). The highest BCUT2D eigenvalue weighted by Crippen LogP contribution is 2.30. The van der Waals surface area contributed by atoms with Crippen molar-refractivity contribution in [3.8, 4) is 17.2 Å². The first kappa shape index (κ1) is 18.4. The Morgan fingerprint density at radius 1 is 0.960 bits per heavy atom. The number of nitrogens with one attached hydrogen (secondary N) is 1. The van der Waals surface area contributed by atoms with Gasteiger partial charge in [-0.15, -0.1) is 0 Å². The fourth-order valence-corrected chi connectivity index (χ4v) is 3.33. The Hall–Kier alpha value is -2.94. The monoisotopic (exact) mass is 367 g/mol. The molecule has 0 aliphatic rings. The van der Waals surface area contributed by atoms with Gasteiger partial charge in [-0.1, -0.05) is 0 Å². The summed E-state index contributed by atoms with van der Waals surface area (Å²) in [7, 11) is 0.0573. The average molecular weight is 367 g/mol. The van der Waals surface area contributed by atoms with Crippen LogP contribution in [0.15, 0.2) is 41.3 Å². The standard InChI is InChI=1S/C16H17NO7S/c1-22-12-7-11(8-13(9-12)23-2)17-25(20,21)15-6-10(16(18)19)4-5-14(15)24-3/h4-9,17H,1-3H3,(H,18,19). The second-order valence-electron chi connectivity index (χ2n) is 4.88. The van der Waals surface area contributed by atoms with Crippen LogP contribution in [0.25, 0.3) is 0 Å². The van der Waals surface area contributed by atoms with Crippen molar-refractivity contribution < 1.29 is 32.5 Å². The van der Waals surface area contributed by atoms with E-state index in [4.69, 9.17) is 19.3 Å². The fourth-order valence-electron chi connectivity index (χ4n) is 2.10. The molecule has 0 spiro atoms. The molecule has 2 aromatic carbocycles. The van der Waals surface area contributed by atoms with Gasteiger partial charge >= 0.3 is 5.97 Å². The zero-order valence-corrected chi connectivity index (χ0v) is 14.6. The van der Waals surface area contributed by atoms with Gasteiger partial charge in [-0.2, -0.15) is 0 Å². The van der Waals surface area contributed by atoms with Crippen LogP contribution >= 0.6 is 0 Å². The number of carbonyl (C=O) groups is 1. The van der Waals surface area contributed by atoms with Crippen molar-refractivity contribution in [2.45, 2.75) is 4.90 Å². The second-order valence-corrected chi connectivity index (χ2v) is 6.53. The summed E-state index contributed by atoms with van der Waals surface area (Å²) in [5.74, 6) is -0.443. The maximum atomic E-state index is 12.7. The minimum Gasteiger partial charge on any atom is -0.497 e. The Balaban J connectivity index is 2.49. The lowest BCUT2D eigenvalue weighted by molar-refractivity contribution is 0.0696. The van der Waals surface area contributed by atoms with E-state index in [-0.39, 0.29) is 21.9 Å². The number of carboxylic acids is 1. The predicted octanol–water partition coefficient (Wildman–Crippen LogP) is 2.21. The lowest BCUT2D eigenvalue weighted by Crippen LogP contribution is -2.15. The van der Waals surface area contributed by atoms with Crippen LogP contribution in [-0.2, 0) is 10.0 Å². The highest BCUT2D eigenvalue weighted by molar-refractivity contribution is 7.92.